The van der Waals surface area contributed by atoms with Gasteiger partial charge in [0.2, 0.25) is 0 Å². The maximum atomic E-state index is 13.5. The Labute approximate surface area is 87.3 Å². The van der Waals surface area contributed by atoms with Crippen molar-refractivity contribution in [3.63, 3.8) is 0 Å². The first-order chi connectivity index (χ1) is 5.99. The highest BCUT2D eigenvalue weighted by Gasteiger charge is 2.24. The summed E-state index contributed by atoms with van der Waals surface area (Å²) in [4.78, 5) is 0. The van der Waals surface area contributed by atoms with Crippen LogP contribution in [0.2, 0.25) is 0 Å². The first-order valence-corrected chi connectivity index (χ1v) is 5.43. The molecule has 0 amide bonds. The van der Waals surface area contributed by atoms with E-state index >= 15 is 0 Å². The number of benzene rings is 1. The minimum absolute atomic E-state index is 0.107. The summed E-state index contributed by atoms with van der Waals surface area (Å²) in [5.41, 5.74) is 1.69. The van der Waals surface area contributed by atoms with Crippen LogP contribution in [-0.4, -0.2) is 5.33 Å². The molecule has 0 spiro atoms. The molecule has 0 unspecified atom stereocenters. The van der Waals surface area contributed by atoms with Crippen molar-refractivity contribution in [2.75, 3.05) is 5.33 Å². The third-order valence-corrected chi connectivity index (χ3v) is 3.63. The number of halogens is 2. The molecule has 0 atom stereocenters. The van der Waals surface area contributed by atoms with E-state index in [2.05, 4.69) is 15.9 Å². The minimum Gasteiger partial charge on any atom is -0.207 e. The molecule has 0 aromatic heterocycles. The van der Waals surface area contributed by atoms with E-state index < -0.39 is 0 Å². The smallest absolute Gasteiger partial charge is 0.127 e. The van der Waals surface area contributed by atoms with Crippen molar-refractivity contribution in [3.05, 3.63) is 35.1 Å². The fraction of sp³-hybridized carbons (Fsp3) is 0.455. The second kappa shape index (κ2) is 3.79. The molecule has 0 saturated heterocycles. The molecular formula is C11H14BrF. The van der Waals surface area contributed by atoms with Crippen LogP contribution in [0.5, 0.6) is 0 Å². The third-order valence-electron chi connectivity index (χ3n) is 2.23. The predicted octanol–water partition coefficient (Wildman–Crippen LogP) is 3.81. The second-order valence-corrected chi connectivity index (χ2v) is 4.51. The molecule has 0 heterocycles. The van der Waals surface area contributed by atoms with E-state index in [1.54, 1.807) is 6.07 Å². The first-order valence-electron chi connectivity index (χ1n) is 4.30. The van der Waals surface area contributed by atoms with E-state index in [0.29, 0.717) is 0 Å². The first kappa shape index (κ1) is 10.7. The summed E-state index contributed by atoms with van der Waals surface area (Å²) in [5, 5.41) is 0.766. The molecule has 1 aromatic rings. The second-order valence-electron chi connectivity index (χ2n) is 3.95. The molecule has 0 aliphatic rings. The SMILES string of the molecule is Cc1cccc(F)c1C(C)(C)CBr. The fourth-order valence-corrected chi connectivity index (χ4v) is 1.84. The van der Waals surface area contributed by atoms with E-state index in [1.165, 1.54) is 6.07 Å². The normalized spacial score (nSPS) is 11.8. The molecule has 0 fully saturated rings. The fourth-order valence-electron chi connectivity index (χ4n) is 1.56. The van der Waals surface area contributed by atoms with Gasteiger partial charge in [-0.3, -0.25) is 0 Å². The molecule has 2 heteroatoms. The topological polar surface area (TPSA) is 0 Å². The van der Waals surface area contributed by atoms with Gasteiger partial charge >= 0.3 is 0 Å². The molecule has 1 rings (SSSR count). The molecule has 72 valence electrons. The van der Waals surface area contributed by atoms with Crippen LogP contribution in [-0.2, 0) is 5.41 Å². The quantitative estimate of drug-likeness (QED) is 0.695. The molecule has 0 bridgehead atoms. The van der Waals surface area contributed by atoms with Gasteiger partial charge in [-0.25, -0.2) is 4.39 Å². The van der Waals surface area contributed by atoms with Crippen molar-refractivity contribution in [3.8, 4) is 0 Å². The largest absolute Gasteiger partial charge is 0.207 e. The molecule has 0 aliphatic heterocycles. The number of alkyl halides is 1. The number of rotatable bonds is 2. The van der Waals surface area contributed by atoms with Crippen molar-refractivity contribution in [2.45, 2.75) is 26.2 Å². The zero-order chi connectivity index (χ0) is 10.1. The summed E-state index contributed by atoms with van der Waals surface area (Å²) in [6.45, 7) is 6.02. The van der Waals surface area contributed by atoms with Gasteiger partial charge in [-0.05, 0) is 24.1 Å². The Morgan fingerprint density at radius 1 is 1.38 bits per heavy atom. The summed E-state index contributed by atoms with van der Waals surface area (Å²) >= 11 is 3.41. The van der Waals surface area contributed by atoms with Crippen LogP contribution in [0.15, 0.2) is 18.2 Å². The predicted molar refractivity (Wildman–Crippen MR) is 58.0 cm³/mol. The molecular weight excluding hydrogens is 231 g/mol. The van der Waals surface area contributed by atoms with Crippen LogP contribution in [0.1, 0.15) is 25.0 Å². The summed E-state index contributed by atoms with van der Waals surface area (Å²) in [6, 6.07) is 5.22. The van der Waals surface area contributed by atoms with E-state index in [9.17, 15) is 4.39 Å². The molecule has 1 aromatic carbocycles. The Kier molecular flexibility index (Phi) is 3.12. The van der Waals surface area contributed by atoms with Gasteiger partial charge in [0.1, 0.15) is 5.82 Å². The van der Waals surface area contributed by atoms with Crippen molar-refractivity contribution >= 4 is 15.9 Å². The Hall–Kier alpha value is -0.370. The highest BCUT2D eigenvalue weighted by Crippen LogP contribution is 2.30. The van der Waals surface area contributed by atoms with Gasteiger partial charge in [-0.1, -0.05) is 41.9 Å². The minimum atomic E-state index is -0.143. The summed E-state index contributed by atoms with van der Waals surface area (Å²) in [7, 11) is 0. The lowest BCUT2D eigenvalue weighted by Gasteiger charge is -2.24. The van der Waals surface area contributed by atoms with Crippen LogP contribution < -0.4 is 0 Å². The molecule has 0 radical (unpaired) electrons. The van der Waals surface area contributed by atoms with Crippen molar-refractivity contribution in [1.82, 2.24) is 0 Å². The van der Waals surface area contributed by atoms with Gasteiger partial charge in [0.25, 0.3) is 0 Å². The number of hydrogen-bond acceptors (Lipinski definition) is 0. The van der Waals surface area contributed by atoms with Gasteiger partial charge in [-0.15, -0.1) is 0 Å². The lowest BCUT2D eigenvalue weighted by atomic mass is 9.84. The molecule has 0 N–H and O–H groups in total. The average Bonchev–Trinajstić information content (AvgIpc) is 2.03. The average molecular weight is 245 g/mol. The maximum Gasteiger partial charge on any atom is 0.127 e. The van der Waals surface area contributed by atoms with Crippen molar-refractivity contribution in [1.29, 1.82) is 0 Å². The molecule has 13 heavy (non-hydrogen) atoms. The van der Waals surface area contributed by atoms with Crippen LogP contribution in [0.25, 0.3) is 0 Å². The Balaban J connectivity index is 3.28. The van der Waals surface area contributed by atoms with Gasteiger partial charge < -0.3 is 0 Å². The van der Waals surface area contributed by atoms with Gasteiger partial charge in [0, 0.05) is 10.7 Å². The standard InChI is InChI=1S/C11H14BrF/c1-8-5-4-6-9(13)10(8)11(2,3)7-12/h4-6H,7H2,1-3H3. The number of aryl methyl sites for hydroxylation is 1. The summed E-state index contributed by atoms with van der Waals surface area (Å²) in [5.74, 6) is -0.107. The molecule has 0 saturated carbocycles. The Bertz CT molecular complexity index is 285. The van der Waals surface area contributed by atoms with E-state index in [1.807, 2.05) is 26.8 Å². The Morgan fingerprint density at radius 3 is 2.46 bits per heavy atom. The van der Waals surface area contributed by atoms with Crippen molar-refractivity contribution in [2.24, 2.45) is 0 Å². The van der Waals surface area contributed by atoms with E-state index in [4.69, 9.17) is 0 Å². The highest BCUT2D eigenvalue weighted by atomic mass is 79.9. The zero-order valence-electron chi connectivity index (χ0n) is 8.20. The lowest BCUT2D eigenvalue weighted by molar-refractivity contribution is 0.528. The van der Waals surface area contributed by atoms with E-state index in [0.717, 1.165) is 16.5 Å². The van der Waals surface area contributed by atoms with Crippen LogP contribution >= 0.6 is 15.9 Å². The zero-order valence-corrected chi connectivity index (χ0v) is 9.78. The van der Waals surface area contributed by atoms with Gasteiger partial charge in [0.05, 0.1) is 0 Å². The third kappa shape index (κ3) is 2.11. The van der Waals surface area contributed by atoms with Crippen LogP contribution in [0.4, 0.5) is 4.39 Å². The van der Waals surface area contributed by atoms with Gasteiger partial charge in [-0.2, -0.15) is 0 Å². The maximum absolute atomic E-state index is 13.5. The van der Waals surface area contributed by atoms with Crippen LogP contribution in [0, 0.1) is 12.7 Å². The molecule has 0 aliphatic carbocycles. The highest BCUT2D eigenvalue weighted by molar-refractivity contribution is 9.09. The summed E-state index contributed by atoms with van der Waals surface area (Å²) in [6.07, 6.45) is 0. The van der Waals surface area contributed by atoms with Crippen molar-refractivity contribution < 1.29 is 4.39 Å². The van der Waals surface area contributed by atoms with Gasteiger partial charge in [0.15, 0.2) is 0 Å². The van der Waals surface area contributed by atoms with Crippen LogP contribution in [0.3, 0.4) is 0 Å². The lowest BCUT2D eigenvalue weighted by Crippen LogP contribution is -2.22. The molecule has 0 nitrogen and oxygen atoms in total. The van der Waals surface area contributed by atoms with E-state index in [-0.39, 0.29) is 11.2 Å². The monoisotopic (exact) mass is 244 g/mol. The Morgan fingerprint density at radius 2 is 2.00 bits per heavy atom. The number of hydrogen-bond donors (Lipinski definition) is 0. The summed E-state index contributed by atoms with van der Waals surface area (Å²) < 4.78 is 13.5.